The molecule has 0 aliphatic heterocycles. The fourth-order valence-electron chi connectivity index (χ4n) is 2.87. The molecule has 4 aromatic rings. The van der Waals surface area contributed by atoms with Crippen LogP contribution in [-0.4, -0.2) is 21.9 Å². The van der Waals surface area contributed by atoms with Gasteiger partial charge in [0.25, 0.3) is 0 Å². The highest BCUT2D eigenvalue weighted by molar-refractivity contribution is 7.98. The molecule has 4 rings (SSSR count). The van der Waals surface area contributed by atoms with E-state index in [9.17, 15) is 0 Å². The van der Waals surface area contributed by atoms with E-state index in [0.717, 1.165) is 39.5 Å². The normalized spacial score (nSPS) is 10.9. The number of thioether (sulfide) groups is 1. The van der Waals surface area contributed by atoms with Gasteiger partial charge >= 0.3 is 0 Å². The lowest BCUT2D eigenvalue weighted by Crippen LogP contribution is -1.99. The van der Waals surface area contributed by atoms with Gasteiger partial charge in [-0.3, -0.25) is 4.57 Å². The molecule has 0 N–H and O–H groups in total. The van der Waals surface area contributed by atoms with Crippen LogP contribution in [0.3, 0.4) is 0 Å². The van der Waals surface area contributed by atoms with Crippen molar-refractivity contribution in [1.29, 1.82) is 0 Å². The number of ether oxygens (including phenoxy) is 1. The Kier molecular flexibility index (Phi) is 4.98. The highest BCUT2D eigenvalue weighted by atomic mass is 32.2. The fourth-order valence-corrected chi connectivity index (χ4v) is 3.77. The minimum Gasteiger partial charge on any atom is -0.497 e. The summed E-state index contributed by atoms with van der Waals surface area (Å²) in [5.41, 5.74) is 3.13. The third kappa shape index (κ3) is 3.61. The Morgan fingerprint density at radius 3 is 2.63 bits per heavy atom. The second-order valence-electron chi connectivity index (χ2n) is 6.01. The molecule has 0 atom stereocenters. The molecule has 0 saturated carbocycles. The van der Waals surface area contributed by atoms with Crippen LogP contribution in [0.25, 0.3) is 17.1 Å². The average molecular weight is 377 g/mol. The quantitative estimate of drug-likeness (QED) is 0.436. The van der Waals surface area contributed by atoms with E-state index in [1.54, 1.807) is 25.1 Å². The molecule has 6 heteroatoms. The van der Waals surface area contributed by atoms with Gasteiger partial charge in [0, 0.05) is 11.4 Å². The molecule has 27 heavy (non-hydrogen) atoms. The summed E-state index contributed by atoms with van der Waals surface area (Å²) >= 11 is 1.64. The zero-order chi connectivity index (χ0) is 18.6. The molecular formula is C21H19N3O2S. The number of benzene rings is 2. The van der Waals surface area contributed by atoms with Crippen LogP contribution in [0.2, 0.25) is 0 Å². The van der Waals surface area contributed by atoms with Crippen molar-refractivity contribution in [2.45, 2.75) is 17.8 Å². The molecule has 2 aromatic heterocycles. The maximum atomic E-state index is 5.47. The Bertz CT molecular complexity index is 1040. The van der Waals surface area contributed by atoms with Gasteiger partial charge in [0.1, 0.15) is 11.5 Å². The minimum absolute atomic E-state index is 0.770. The summed E-state index contributed by atoms with van der Waals surface area (Å²) in [7, 11) is 1.68. The summed E-state index contributed by atoms with van der Waals surface area (Å²) < 4.78 is 12.9. The summed E-state index contributed by atoms with van der Waals surface area (Å²) in [4.78, 5) is 0. The van der Waals surface area contributed by atoms with Crippen LogP contribution in [-0.2, 0) is 5.75 Å². The first-order valence-corrected chi connectivity index (χ1v) is 9.56. The van der Waals surface area contributed by atoms with Crippen molar-refractivity contribution in [3.63, 3.8) is 0 Å². The zero-order valence-electron chi connectivity index (χ0n) is 15.1. The Morgan fingerprint density at radius 2 is 1.89 bits per heavy atom. The minimum atomic E-state index is 0.770. The number of para-hydroxylation sites is 1. The highest BCUT2D eigenvalue weighted by Crippen LogP contribution is 2.31. The van der Waals surface area contributed by atoms with Crippen molar-refractivity contribution in [3.8, 4) is 22.8 Å². The van der Waals surface area contributed by atoms with Crippen molar-refractivity contribution in [3.05, 3.63) is 78.3 Å². The van der Waals surface area contributed by atoms with E-state index in [1.165, 1.54) is 5.56 Å². The van der Waals surface area contributed by atoms with Gasteiger partial charge in [-0.05, 0) is 42.8 Å². The molecule has 0 aliphatic carbocycles. The molecule has 136 valence electrons. The van der Waals surface area contributed by atoms with Gasteiger partial charge in [0.05, 0.1) is 18.9 Å². The summed E-state index contributed by atoms with van der Waals surface area (Å²) in [5, 5.41) is 9.73. The van der Waals surface area contributed by atoms with Crippen molar-refractivity contribution in [1.82, 2.24) is 14.8 Å². The molecular weight excluding hydrogens is 358 g/mol. The number of nitrogens with zero attached hydrogens (tertiary/aromatic N) is 3. The molecule has 0 fully saturated rings. The molecule has 0 aliphatic rings. The standard InChI is InChI=1S/C21H19N3O2S/c1-15-19(11-12-26-15)20-22-23-21(24(20)17-8-4-3-5-9-17)27-14-16-7-6-10-18(13-16)25-2/h3-13H,14H2,1-2H3. The van der Waals surface area contributed by atoms with E-state index in [0.29, 0.717) is 0 Å². The Hall–Kier alpha value is -2.99. The largest absolute Gasteiger partial charge is 0.497 e. The maximum Gasteiger partial charge on any atom is 0.196 e. The SMILES string of the molecule is COc1cccc(CSc2nnc(-c3ccoc3C)n2-c2ccccc2)c1. The predicted octanol–water partition coefficient (Wildman–Crippen LogP) is 5.14. The zero-order valence-corrected chi connectivity index (χ0v) is 15.9. The third-order valence-electron chi connectivity index (χ3n) is 4.25. The van der Waals surface area contributed by atoms with E-state index in [4.69, 9.17) is 9.15 Å². The van der Waals surface area contributed by atoms with Crippen LogP contribution in [0.1, 0.15) is 11.3 Å². The molecule has 0 radical (unpaired) electrons. The van der Waals surface area contributed by atoms with E-state index >= 15 is 0 Å². The summed E-state index contributed by atoms with van der Waals surface area (Å²) in [6.45, 7) is 1.93. The van der Waals surface area contributed by atoms with Crippen LogP contribution in [0.4, 0.5) is 0 Å². The lowest BCUT2D eigenvalue weighted by atomic mass is 10.2. The predicted molar refractivity (Wildman–Crippen MR) is 106 cm³/mol. The Morgan fingerprint density at radius 1 is 1.04 bits per heavy atom. The van der Waals surface area contributed by atoms with Crippen LogP contribution < -0.4 is 4.74 Å². The monoisotopic (exact) mass is 377 g/mol. The topological polar surface area (TPSA) is 53.1 Å². The number of aryl methyl sites for hydroxylation is 1. The van der Waals surface area contributed by atoms with E-state index < -0.39 is 0 Å². The smallest absolute Gasteiger partial charge is 0.196 e. The molecule has 0 bridgehead atoms. The fraction of sp³-hybridized carbons (Fsp3) is 0.143. The first-order chi connectivity index (χ1) is 13.3. The number of methoxy groups -OCH3 is 1. The number of rotatable bonds is 6. The second-order valence-corrected chi connectivity index (χ2v) is 6.95. The van der Waals surface area contributed by atoms with Crippen LogP contribution in [0, 0.1) is 6.92 Å². The molecule has 0 amide bonds. The summed E-state index contributed by atoms with van der Waals surface area (Å²) in [6.07, 6.45) is 1.68. The number of hydrogen-bond donors (Lipinski definition) is 0. The van der Waals surface area contributed by atoms with Crippen LogP contribution in [0.5, 0.6) is 5.75 Å². The lowest BCUT2D eigenvalue weighted by Gasteiger charge is -2.10. The maximum absolute atomic E-state index is 5.47. The molecule has 5 nitrogen and oxygen atoms in total. The molecule has 0 unspecified atom stereocenters. The highest BCUT2D eigenvalue weighted by Gasteiger charge is 2.18. The van der Waals surface area contributed by atoms with Crippen molar-refractivity contribution in [2.24, 2.45) is 0 Å². The average Bonchev–Trinajstić information content (AvgIpc) is 3.32. The van der Waals surface area contributed by atoms with Gasteiger partial charge in [-0.15, -0.1) is 10.2 Å². The number of hydrogen-bond acceptors (Lipinski definition) is 5. The molecule has 2 aromatic carbocycles. The number of aromatic nitrogens is 3. The molecule has 0 spiro atoms. The van der Waals surface area contributed by atoms with E-state index in [-0.39, 0.29) is 0 Å². The first-order valence-electron chi connectivity index (χ1n) is 8.57. The van der Waals surface area contributed by atoms with Gasteiger partial charge < -0.3 is 9.15 Å². The summed E-state index contributed by atoms with van der Waals surface area (Å²) in [5.74, 6) is 3.23. The molecule has 0 saturated heterocycles. The third-order valence-corrected chi connectivity index (χ3v) is 5.25. The van der Waals surface area contributed by atoms with E-state index in [2.05, 4.69) is 33.0 Å². The van der Waals surface area contributed by atoms with Gasteiger partial charge in [-0.1, -0.05) is 42.1 Å². The van der Waals surface area contributed by atoms with Gasteiger partial charge in [0.15, 0.2) is 11.0 Å². The van der Waals surface area contributed by atoms with Crippen LogP contribution in [0.15, 0.2) is 76.5 Å². The van der Waals surface area contributed by atoms with E-state index in [1.807, 2.05) is 49.4 Å². The number of furan rings is 1. The second kappa shape index (κ2) is 7.72. The Balaban J connectivity index is 1.70. The Labute approximate surface area is 162 Å². The lowest BCUT2D eigenvalue weighted by molar-refractivity contribution is 0.414. The van der Waals surface area contributed by atoms with Crippen LogP contribution >= 0.6 is 11.8 Å². The molecule has 2 heterocycles. The van der Waals surface area contributed by atoms with Crippen molar-refractivity contribution in [2.75, 3.05) is 7.11 Å². The van der Waals surface area contributed by atoms with Crippen molar-refractivity contribution >= 4 is 11.8 Å². The van der Waals surface area contributed by atoms with Gasteiger partial charge in [-0.25, -0.2) is 0 Å². The summed E-state index contributed by atoms with van der Waals surface area (Å²) in [6, 6.07) is 20.1. The van der Waals surface area contributed by atoms with Crippen molar-refractivity contribution < 1.29 is 9.15 Å². The van der Waals surface area contributed by atoms with Gasteiger partial charge in [0.2, 0.25) is 0 Å². The first kappa shape index (κ1) is 17.4. The van der Waals surface area contributed by atoms with Gasteiger partial charge in [-0.2, -0.15) is 0 Å².